The molecule has 2 aromatic rings. The lowest BCUT2D eigenvalue weighted by molar-refractivity contribution is -0.130. The number of nitrogens with one attached hydrogen (secondary N) is 1. The first-order valence-corrected chi connectivity index (χ1v) is 7.78. The molecule has 1 aliphatic rings. The van der Waals surface area contributed by atoms with Crippen LogP contribution < -0.4 is 0 Å². The van der Waals surface area contributed by atoms with E-state index in [1.165, 1.54) is 5.56 Å². The van der Waals surface area contributed by atoms with Crippen molar-refractivity contribution >= 4 is 5.91 Å². The highest BCUT2D eigenvalue weighted by atomic mass is 16.2. The summed E-state index contributed by atoms with van der Waals surface area (Å²) in [5.74, 6) is 6.37. The number of H-pyrrole nitrogens is 1. The van der Waals surface area contributed by atoms with Gasteiger partial charge in [-0.3, -0.25) is 14.8 Å². The van der Waals surface area contributed by atoms with Crippen LogP contribution in [0.25, 0.3) is 0 Å². The van der Waals surface area contributed by atoms with Crippen molar-refractivity contribution < 1.29 is 4.79 Å². The molecule has 0 atom stereocenters. The molecule has 0 radical (unpaired) electrons. The number of aromatic amines is 1. The van der Waals surface area contributed by atoms with Crippen LogP contribution in [-0.4, -0.2) is 52.1 Å². The van der Waals surface area contributed by atoms with E-state index in [1.54, 1.807) is 19.3 Å². The van der Waals surface area contributed by atoms with Gasteiger partial charge in [0, 0.05) is 51.4 Å². The fourth-order valence-electron chi connectivity index (χ4n) is 2.64. The van der Waals surface area contributed by atoms with Crippen molar-refractivity contribution in [2.75, 3.05) is 26.2 Å². The number of carbonyl (C=O) groups excluding carboxylic acids is 1. The number of hydrogen-bond donors (Lipinski definition) is 1. The van der Waals surface area contributed by atoms with E-state index < -0.39 is 0 Å². The molecule has 1 N–H and O–H groups in total. The van der Waals surface area contributed by atoms with Crippen LogP contribution in [0.2, 0.25) is 0 Å². The molecule has 0 unspecified atom stereocenters. The molecule has 118 valence electrons. The Morgan fingerprint density at radius 2 is 1.83 bits per heavy atom. The number of nitrogens with zero attached hydrogens (tertiary/aromatic N) is 3. The summed E-state index contributed by atoms with van der Waals surface area (Å²) >= 11 is 0. The molecule has 1 amide bonds. The molecule has 2 heterocycles. The summed E-state index contributed by atoms with van der Waals surface area (Å²) in [7, 11) is 0. The average molecular weight is 308 g/mol. The Morgan fingerprint density at radius 3 is 2.43 bits per heavy atom. The van der Waals surface area contributed by atoms with Gasteiger partial charge in [0.1, 0.15) is 0 Å². The molecular formula is C18H20N4O. The Hall–Kier alpha value is -2.58. The Kier molecular flexibility index (Phi) is 4.74. The van der Waals surface area contributed by atoms with E-state index in [2.05, 4.69) is 39.1 Å². The summed E-state index contributed by atoms with van der Waals surface area (Å²) in [5.41, 5.74) is 3.16. The van der Waals surface area contributed by atoms with Crippen molar-refractivity contribution in [1.29, 1.82) is 0 Å². The third-order valence-electron chi connectivity index (χ3n) is 4.03. The molecule has 23 heavy (non-hydrogen) atoms. The van der Waals surface area contributed by atoms with Gasteiger partial charge in [-0.15, -0.1) is 0 Å². The highest BCUT2D eigenvalue weighted by Crippen LogP contribution is 2.10. The molecule has 1 aliphatic heterocycles. The number of hydrogen-bond acceptors (Lipinski definition) is 3. The van der Waals surface area contributed by atoms with E-state index in [0.29, 0.717) is 0 Å². The summed E-state index contributed by atoms with van der Waals surface area (Å²) in [4.78, 5) is 15.6. The van der Waals surface area contributed by atoms with Crippen molar-refractivity contribution in [3.05, 3.63) is 53.3 Å². The van der Waals surface area contributed by atoms with E-state index in [9.17, 15) is 4.79 Å². The smallest absolute Gasteiger partial charge is 0.219 e. The van der Waals surface area contributed by atoms with E-state index >= 15 is 0 Å². The molecule has 5 nitrogen and oxygen atoms in total. The average Bonchev–Trinajstić information content (AvgIpc) is 3.08. The van der Waals surface area contributed by atoms with Crippen molar-refractivity contribution in [2.45, 2.75) is 13.5 Å². The summed E-state index contributed by atoms with van der Waals surface area (Å²) in [6, 6.07) is 8.34. The summed E-state index contributed by atoms with van der Waals surface area (Å²) in [6.07, 6.45) is 3.49. The zero-order valence-electron chi connectivity index (χ0n) is 13.2. The first-order valence-electron chi connectivity index (χ1n) is 7.78. The van der Waals surface area contributed by atoms with Gasteiger partial charge in [-0.25, -0.2) is 0 Å². The van der Waals surface area contributed by atoms with Crippen molar-refractivity contribution in [2.24, 2.45) is 0 Å². The van der Waals surface area contributed by atoms with Gasteiger partial charge < -0.3 is 4.90 Å². The number of amides is 1. The van der Waals surface area contributed by atoms with Gasteiger partial charge in [0.25, 0.3) is 0 Å². The molecule has 1 saturated heterocycles. The quantitative estimate of drug-likeness (QED) is 0.855. The molecule has 0 spiro atoms. The number of aromatic nitrogens is 2. The number of piperazine rings is 1. The minimum absolute atomic E-state index is 0.171. The maximum Gasteiger partial charge on any atom is 0.219 e. The van der Waals surface area contributed by atoms with Crippen molar-refractivity contribution in [3.63, 3.8) is 0 Å². The molecule has 1 aromatic heterocycles. The maximum absolute atomic E-state index is 11.3. The maximum atomic E-state index is 11.3. The van der Waals surface area contributed by atoms with Gasteiger partial charge in [0.15, 0.2) is 0 Å². The van der Waals surface area contributed by atoms with Crippen LogP contribution in [0.15, 0.2) is 36.7 Å². The highest BCUT2D eigenvalue weighted by molar-refractivity contribution is 5.73. The number of rotatable bonds is 2. The highest BCUT2D eigenvalue weighted by Gasteiger charge is 2.18. The molecule has 1 aromatic carbocycles. The Morgan fingerprint density at radius 1 is 1.13 bits per heavy atom. The predicted molar refractivity (Wildman–Crippen MR) is 88.5 cm³/mol. The topological polar surface area (TPSA) is 52.2 Å². The van der Waals surface area contributed by atoms with Crippen LogP contribution >= 0.6 is 0 Å². The summed E-state index contributed by atoms with van der Waals surface area (Å²) in [6.45, 7) is 6.07. The van der Waals surface area contributed by atoms with Crippen LogP contribution in [0.4, 0.5) is 0 Å². The van der Waals surface area contributed by atoms with E-state index in [4.69, 9.17) is 0 Å². The van der Waals surface area contributed by atoms with Crippen LogP contribution in [0.1, 0.15) is 23.6 Å². The van der Waals surface area contributed by atoms with Gasteiger partial charge in [-0.2, -0.15) is 5.10 Å². The first-order chi connectivity index (χ1) is 11.2. The predicted octanol–water partition coefficient (Wildman–Crippen LogP) is 1.47. The lowest BCUT2D eigenvalue weighted by atomic mass is 10.1. The van der Waals surface area contributed by atoms with Gasteiger partial charge in [0.2, 0.25) is 5.91 Å². The minimum atomic E-state index is 0.171. The number of carbonyl (C=O) groups is 1. The lowest BCUT2D eigenvalue weighted by Crippen LogP contribution is -2.47. The monoisotopic (exact) mass is 308 g/mol. The zero-order valence-corrected chi connectivity index (χ0v) is 13.2. The lowest BCUT2D eigenvalue weighted by Gasteiger charge is -2.34. The second-order valence-electron chi connectivity index (χ2n) is 5.72. The van der Waals surface area contributed by atoms with Crippen LogP contribution in [0, 0.1) is 11.8 Å². The second kappa shape index (κ2) is 7.12. The Balaban J connectivity index is 1.55. The Labute approximate surface area is 136 Å². The first kappa shape index (κ1) is 15.3. The number of benzene rings is 1. The normalized spacial score (nSPS) is 15.1. The molecule has 0 saturated carbocycles. The summed E-state index contributed by atoms with van der Waals surface area (Å²) in [5, 5.41) is 6.62. The van der Waals surface area contributed by atoms with Crippen molar-refractivity contribution in [3.8, 4) is 11.8 Å². The van der Waals surface area contributed by atoms with Crippen LogP contribution in [0.5, 0.6) is 0 Å². The third kappa shape index (κ3) is 4.21. The minimum Gasteiger partial charge on any atom is -0.340 e. The van der Waals surface area contributed by atoms with E-state index in [-0.39, 0.29) is 5.91 Å². The SMILES string of the molecule is CC(=O)N1CCN(Cc2ccc(C#Cc3cn[nH]c3)cc2)CC1. The van der Waals surface area contributed by atoms with Gasteiger partial charge >= 0.3 is 0 Å². The molecule has 0 aliphatic carbocycles. The Bertz CT molecular complexity index is 702. The molecular weight excluding hydrogens is 288 g/mol. The van der Waals surface area contributed by atoms with Crippen molar-refractivity contribution in [1.82, 2.24) is 20.0 Å². The van der Waals surface area contributed by atoms with Gasteiger partial charge in [-0.1, -0.05) is 24.0 Å². The largest absolute Gasteiger partial charge is 0.340 e. The van der Waals surface area contributed by atoms with Gasteiger partial charge in [-0.05, 0) is 17.7 Å². The van der Waals surface area contributed by atoms with Crippen LogP contribution in [-0.2, 0) is 11.3 Å². The van der Waals surface area contributed by atoms with E-state index in [1.807, 2.05) is 17.0 Å². The zero-order chi connectivity index (χ0) is 16.1. The van der Waals surface area contributed by atoms with Gasteiger partial charge in [0.05, 0.1) is 11.8 Å². The van der Waals surface area contributed by atoms with E-state index in [0.717, 1.165) is 43.9 Å². The molecule has 1 fully saturated rings. The fraction of sp³-hybridized carbons (Fsp3) is 0.333. The third-order valence-corrected chi connectivity index (χ3v) is 4.03. The second-order valence-corrected chi connectivity index (χ2v) is 5.72. The standard InChI is InChI=1S/C18H20N4O/c1-15(23)22-10-8-21(9-11-22)14-17-5-2-16(3-6-17)4-7-18-12-19-20-13-18/h2-3,5-6,12-13H,8-11,14H2,1H3,(H,19,20). The summed E-state index contributed by atoms with van der Waals surface area (Å²) < 4.78 is 0. The van der Waals surface area contributed by atoms with Crippen LogP contribution in [0.3, 0.4) is 0 Å². The fourth-order valence-corrected chi connectivity index (χ4v) is 2.64. The molecule has 3 rings (SSSR count). The molecule has 0 bridgehead atoms. The molecule has 5 heteroatoms.